The zero-order valence-corrected chi connectivity index (χ0v) is 16.3. The second-order valence-corrected chi connectivity index (χ2v) is 7.08. The molecule has 1 aromatic carbocycles. The second kappa shape index (κ2) is 8.26. The van der Waals surface area contributed by atoms with Gasteiger partial charge >= 0.3 is 0 Å². The third-order valence-corrected chi connectivity index (χ3v) is 5.18. The zero-order valence-electron chi connectivity index (χ0n) is 16.3. The smallest absolute Gasteiger partial charge is 0.253 e. The van der Waals surface area contributed by atoms with Gasteiger partial charge in [0.2, 0.25) is 5.91 Å². The molecule has 3 heterocycles. The van der Waals surface area contributed by atoms with Gasteiger partial charge < -0.3 is 15.1 Å². The third kappa shape index (κ3) is 4.18. The molecule has 0 saturated carbocycles. The van der Waals surface area contributed by atoms with Crippen LogP contribution in [0.3, 0.4) is 0 Å². The van der Waals surface area contributed by atoms with Crippen LogP contribution in [0.15, 0.2) is 54.9 Å². The number of benzene rings is 1. The molecule has 2 amide bonds. The van der Waals surface area contributed by atoms with Crippen LogP contribution >= 0.6 is 0 Å². The highest BCUT2D eigenvalue weighted by Crippen LogP contribution is 2.19. The van der Waals surface area contributed by atoms with Crippen LogP contribution in [0.2, 0.25) is 0 Å². The quantitative estimate of drug-likeness (QED) is 0.740. The fourth-order valence-electron chi connectivity index (χ4n) is 3.56. The van der Waals surface area contributed by atoms with Crippen molar-refractivity contribution in [1.82, 2.24) is 20.2 Å². The number of carbonyl (C=O) groups is 2. The van der Waals surface area contributed by atoms with Crippen LogP contribution in [0.5, 0.6) is 0 Å². The minimum Gasteiger partial charge on any atom is -0.353 e. The van der Waals surface area contributed by atoms with Gasteiger partial charge in [-0.3, -0.25) is 14.6 Å². The first-order valence-corrected chi connectivity index (χ1v) is 9.69. The SMILES string of the molecule is CC(=O)N1CCN(c2ncccc2CNC(=O)c2cnc3ccccc3c2)CC1. The number of nitrogens with one attached hydrogen (secondary N) is 1. The van der Waals surface area contributed by atoms with Crippen LogP contribution in [-0.2, 0) is 11.3 Å². The van der Waals surface area contributed by atoms with Crippen molar-refractivity contribution in [1.29, 1.82) is 0 Å². The van der Waals surface area contributed by atoms with Crippen molar-refractivity contribution in [2.45, 2.75) is 13.5 Å². The Morgan fingerprint density at radius 3 is 2.62 bits per heavy atom. The number of nitrogens with zero attached hydrogens (tertiary/aromatic N) is 4. The maximum Gasteiger partial charge on any atom is 0.253 e. The van der Waals surface area contributed by atoms with Gasteiger partial charge in [-0.1, -0.05) is 24.3 Å². The molecule has 7 nitrogen and oxygen atoms in total. The van der Waals surface area contributed by atoms with Gasteiger partial charge in [0.1, 0.15) is 5.82 Å². The lowest BCUT2D eigenvalue weighted by atomic mass is 10.1. The Kier molecular flexibility index (Phi) is 5.37. The Bertz CT molecular complexity index is 1040. The topological polar surface area (TPSA) is 78.4 Å². The summed E-state index contributed by atoms with van der Waals surface area (Å²) in [4.78, 5) is 37.1. The Hall–Kier alpha value is -3.48. The first kappa shape index (κ1) is 18.9. The average molecular weight is 389 g/mol. The lowest BCUT2D eigenvalue weighted by molar-refractivity contribution is -0.129. The summed E-state index contributed by atoms with van der Waals surface area (Å²) in [5.41, 5.74) is 2.35. The molecule has 0 spiro atoms. The number of aromatic nitrogens is 2. The molecule has 0 unspecified atom stereocenters. The number of piperazine rings is 1. The number of anilines is 1. The van der Waals surface area contributed by atoms with Crippen LogP contribution < -0.4 is 10.2 Å². The van der Waals surface area contributed by atoms with Crippen molar-refractivity contribution < 1.29 is 9.59 Å². The maximum absolute atomic E-state index is 12.6. The predicted molar refractivity (Wildman–Crippen MR) is 112 cm³/mol. The summed E-state index contributed by atoms with van der Waals surface area (Å²) in [5, 5.41) is 3.91. The molecule has 0 radical (unpaired) electrons. The molecule has 0 atom stereocenters. The molecule has 4 rings (SSSR count). The molecule has 2 aromatic heterocycles. The molecule has 1 saturated heterocycles. The van der Waals surface area contributed by atoms with Gasteiger partial charge in [-0.25, -0.2) is 4.98 Å². The van der Waals surface area contributed by atoms with E-state index in [9.17, 15) is 9.59 Å². The molecule has 148 valence electrons. The molecule has 1 aliphatic heterocycles. The van der Waals surface area contributed by atoms with Crippen LogP contribution in [0.25, 0.3) is 10.9 Å². The summed E-state index contributed by atoms with van der Waals surface area (Å²) in [7, 11) is 0. The highest BCUT2D eigenvalue weighted by molar-refractivity contribution is 5.97. The Morgan fingerprint density at radius 1 is 1.03 bits per heavy atom. The number of hydrogen-bond donors (Lipinski definition) is 1. The number of carbonyl (C=O) groups excluding carboxylic acids is 2. The summed E-state index contributed by atoms with van der Waals surface area (Å²) in [5.74, 6) is 0.786. The Balaban J connectivity index is 1.44. The monoisotopic (exact) mass is 389 g/mol. The molecule has 1 aliphatic rings. The highest BCUT2D eigenvalue weighted by Gasteiger charge is 2.21. The molecule has 1 N–H and O–H groups in total. The van der Waals surface area contributed by atoms with E-state index in [1.54, 1.807) is 19.3 Å². The highest BCUT2D eigenvalue weighted by atomic mass is 16.2. The molecule has 0 aliphatic carbocycles. The summed E-state index contributed by atoms with van der Waals surface area (Å²) < 4.78 is 0. The van der Waals surface area contributed by atoms with Crippen LogP contribution in [0.4, 0.5) is 5.82 Å². The molecular formula is C22H23N5O2. The normalized spacial score (nSPS) is 14.1. The van der Waals surface area contributed by atoms with E-state index in [4.69, 9.17) is 0 Å². The van der Waals surface area contributed by atoms with Gasteiger partial charge in [0.15, 0.2) is 0 Å². The van der Waals surface area contributed by atoms with E-state index in [-0.39, 0.29) is 11.8 Å². The van der Waals surface area contributed by atoms with Crippen LogP contribution in [0, 0.1) is 0 Å². The molecule has 1 fully saturated rings. The van der Waals surface area contributed by atoms with E-state index in [1.165, 1.54) is 0 Å². The summed E-state index contributed by atoms with van der Waals surface area (Å²) in [6, 6.07) is 13.4. The predicted octanol–water partition coefficient (Wildman–Crippen LogP) is 2.23. The van der Waals surface area contributed by atoms with Gasteiger partial charge in [-0.15, -0.1) is 0 Å². The number of para-hydroxylation sites is 1. The van der Waals surface area contributed by atoms with Gasteiger partial charge in [0, 0.05) is 63.0 Å². The van der Waals surface area contributed by atoms with Crippen molar-refractivity contribution in [3.63, 3.8) is 0 Å². The van der Waals surface area contributed by atoms with Crippen LogP contribution in [0.1, 0.15) is 22.8 Å². The number of fused-ring (bicyclic) bond motifs is 1. The molecular weight excluding hydrogens is 366 g/mol. The van der Waals surface area contributed by atoms with Crippen molar-refractivity contribution in [2.75, 3.05) is 31.1 Å². The van der Waals surface area contributed by atoms with E-state index in [0.29, 0.717) is 25.2 Å². The van der Waals surface area contributed by atoms with Crippen molar-refractivity contribution in [2.24, 2.45) is 0 Å². The minimum absolute atomic E-state index is 0.0992. The van der Waals surface area contributed by atoms with Crippen molar-refractivity contribution >= 4 is 28.5 Å². The van der Waals surface area contributed by atoms with E-state index in [2.05, 4.69) is 20.2 Å². The lowest BCUT2D eigenvalue weighted by Crippen LogP contribution is -2.48. The number of hydrogen-bond acceptors (Lipinski definition) is 5. The number of pyridine rings is 2. The average Bonchev–Trinajstić information content (AvgIpc) is 2.77. The fourth-order valence-corrected chi connectivity index (χ4v) is 3.56. The summed E-state index contributed by atoms with van der Waals surface area (Å²) >= 11 is 0. The van der Waals surface area contributed by atoms with E-state index >= 15 is 0 Å². The Labute approximate surface area is 169 Å². The number of amides is 2. The molecule has 3 aromatic rings. The maximum atomic E-state index is 12.6. The summed E-state index contributed by atoms with van der Waals surface area (Å²) in [6.45, 7) is 4.79. The fraction of sp³-hybridized carbons (Fsp3) is 0.273. The van der Waals surface area contributed by atoms with E-state index in [0.717, 1.165) is 35.4 Å². The van der Waals surface area contributed by atoms with Gasteiger partial charge in [-0.2, -0.15) is 0 Å². The second-order valence-electron chi connectivity index (χ2n) is 7.08. The number of rotatable bonds is 4. The van der Waals surface area contributed by atoms with E-state index < -0.39 is 0 Å². The van der Waals surface area contributed by atoms with Gasteiger partial charge in [-0.05, 0) is 18.2 Å². The molecule has 0 bridgehead atoms. The Morgan fingerprint density at radius 2 is 1.83 bits per heavy atom. The van der Waals surface area contributed by atoms with Gasteiger partial charge in [0.25, 0.3) is 5.91 Å². The minimum atomic E-state index is -0.167. The molecule has 29 heavy (non-hydrogen) atoms. The van der Waals surface area contributed by atoms with Crippen molar-refractivity contribution in [3.05, 3.63) is 66.0 Å². The lowest BCUT2D eigenvalue weighted by Gasteiger charge is -2.35. The first-order valence-electron chi connectivity index (χ1n) is 9.69. The van der Waals surface area contributed by atoms with Gasteiger partial charge in [0.05, 0.1) is 11.1 Å². The van der Waals surface area contributed by atoms with E-state index in [1.807, 2.05) is 47.4 Å². The zero-order chi connectivity index (χ0) is 20.2. The standard InChI is InChI=1S/C22H23N5O2/c1-16(28)26-9-11-27(12-10-26)21-18(6-4-8-23-21)14-25-22(29)19-13-17-5-2-3-7-20(17)24-15-19/h2-8,13,15H,9-12,14H2,1H3,(H,25,29). The van der Waals surface area contributed by atoms with Crippen LogP contribution in [-0.4, -0.2) is 52.9 Å². The molecule has 7 heteroatoms. The first-order chi connectivity index (χ1) is 14.1. The van der Waals surface area contributed by atoms with Crippen molar-refractivity contribution in [3.8, 4) is 0 Å². The largest absolute Gasteiger partial charge is 0.353 e. The third-order valence-electron chi connectivity index (χ3n) is 5.18. The summed E-state index contributed by atoms with van der Waals surface area (Å²) in [6.07, 6.45) is 3.36.